The maximum Gasteiger partial charge on any atom is 0.305 e. The van der Waals surface area contributed by atoms with Crippen LogP contribution in [-0.2, 0) is 14.8 Å². The summed E-state index contributed by atoms with van der Waals surface area (Å²) in [6.07, 6.45) is 0.358. The fraction of sp³-hybridized carbons (Fsp3) is 0.500. The van der Waals surface area contributed by atoms with Crippen LogP contribution in [0.1, 0.15) is 37.2 Å². The Bertz CT molecular complexity index is 728. The topological polar surface area (TPSA) is 83.5 Å². The Morgan fingerprint density at radius 1 is 1.36 bits per heavy atom. The lowest BCUT2D eigenvalue weighted by molar-refractivity contribution is -0.137. The van der Waals surface area contributed by atoms with Gasteiger partial charge < -0.3 is 5.11 Å². The largest absolute Gasteiger partial charge is 0.481 e. The highest BCUT2D eigenvalue weighted by molar-refractivity contribution is 7.89. The normalized spacial score (nSPS) is 24.7. The lowest BCUT2D eigenvalue weighted by atomic mass is 10.1. The first-order chi connectivity index (χ1) is 10.1. The molecule has 2 fully saturated rings. The van der Waals surface area contributed by atoms with Gasteiger partial charge in [-0.1, -0.05) is 12.1 Å². The molecule has 120 valence electrons. The molecule has 2 aliphatic carbocycles. The third kappa shape index (κ3) is 2.98. The summed E-state index contributed by atoms with van der Waals surface area (Å²) in [6, 6.07) is 5.47. The lowest BCUT2D eigenvalue weighted by Gasteiger charge is -2.15. The molecule has 1 atom stereocenters. The molecule has 0 amide bonds. The number of nitrogens with one attached hydrogen (secondary N) is 1. The van der Waals surface area contributed by atoms with E-state index in [-0.39, 0.29) is 23.3 Å². The monoisotopic (exact) mass is 331 g/mol. The highest BCUT2D eigenvalue weighted by Gasteiger charge is 2.57. The van der Waals surface area contributed by atoms with E-state index in [9.17, 15) is 22.0 Å². The van der Waals surface area contributed by atoms with Crippen LogP contribution < -0.4 is 4.72 Å². The molecular formula is C14H15F2NO4S. The van der Waals surface area contributed by atoms with Crippen molar-refractivity contribution in [3.63, 3.8) is 0 Å². The van der Waals surface area contributed by atoms with Crippen LogP contribution in [0.25, 0.3) is 0 Å². The van der Waals surface area contributed by atoms with Gasteiger partial charge in [0.05, 0.1) is 17.2 Å². The molecule has 8 heteroatoms. The molecule has 2 aliphatic rings. The van der Waals surface area contributed by atoms with Crippen molar-refractivity contribution in [2.75, 3.05) is 0 Å². The van der Waals surface area contributed by atoms with E-state index < -0.39 is 33.4 Å². The number of carboxylic acids is 1. The van der Waals surface area contributed by atoms with Crippen molar-refractivity contribution < 1.29 is 27.1 Å². The minimum absolute atomic E-state index is 0.107. The van der Waals surface area contributed by atoms with E-state index in [0.717, 1.165) is 0 Å². The van der Waals surface area contributed by atoms with E-state index in [2.05, 4.69) is 4.72 Å². The second-order valence-corrected chi connectivity index (χ2v) is 7.73. The van der Waals surface area contributed by atoms with E-state index >= 15 is 0 Å². The molecule has 0 radical (unpaired) electrons. The minimum atomic E-state index is -3.92. The quantitative estimate of drug-likeness (QED) is 0.836. The average Bonchev–Trinajstić information content (AvgIpc) is 3.27. The summed E-state index contributed by atoms with van der Waals surface area (Å²) in [4.78, 5) is 10.7. The van der Waals surface area contributed by atoms with Gasteiger partial charge in [0, 0.05) is 12.0 Å². The Balaban J connectivity index is 1.81. The molecule has 0 bridgehead atoms. The summed E-state index contributed by atoms with van der Waals surface area (Å²) < 4.78 is 53.3. The van der Waals surface area contributed by atoms with E-state index in [1.165, 1.54) is 24.3 Å². The van der Waals surface area contributed by atoms with Crippen molar-refractivity contribution in [3.8, 4) is 0 Å². The van der Waals surface area contributed by atoms with Crippen molar-refractivity contribution >= 4 is 16.0 Å². The molecule has 0 saturated heterocycles. The van der Waals surface area contributed by atoms with Gasteiger partial charge in [0.15, 0.2) is 0 Å². The molecule has 1 aromatic rings. The van der Waals surface area contributed by atoms with Gasteiger partial charge in [0.25, 0.3) is 5.92 Å². The van der Waals surface area contributed by atoms with E-state index in [4.69, 9.17) is 5.11 Å². The van der Waals surface area contributed by atoms with Crippen molar-refractivity contribution in [1.82, 2.24) is 4.72 Å². The summed E-state index contributed by atoms with van der Waals surface area (Å²) >= 11 is 0. The summed E-state index contributed by atoms with van der Waals surface area (Å²) in [6.45, 7) is 0. The van der Waals surface area contributed by atoms with E-state index in [1.54, 1.807) is 0 Å². The number of rotatable bonds is 6. The number of carbonyl (C=O) groups is 1. The Morgan fingerprint density at radius 3 is 2.50 bits per heavy atom. The van der Waals surface area contributed by atoms with Gasteiger partial charge in [-0.2, -0.15) is 0 Å². The molecule has 5 nitrogen and oxygen atoms in total. The van der Waals surface area contributed by atoms with Gasteiger partial charge in [0.2, 0.25) is 10.0 Å². The number of carboxylic acid groups (broad SMARTS) is 1. The van der Waals surface area contributed by atoms with Crippen LogP contribution in [-0.4, -0.2) is 31.0 Å². The maximum absolute atomic E-state index is 13.1. The molecule has 22 heavy (non-hydrogen) atoms. The molecule has 1 aromatic carbocycles. The molecule has 2 N–H and O–H groups in total. The van der Waals surface area contributed by atoms with Gasteiger partial charge in [-0.15, -0.1) is 0 Å². The average molecular weight is 331 g/mol. The third-order valence-electron chi connectivity index (χ3n) is 4.09. The molecular weight excluding hydrogens is 316 g/mol. The fourth-order valence-electron chi connectivity index (χ4n) is 2.57. The third-order valence-corrected chi connectivity index (χ3v) is 5.67. The first-order valence-corrected chi connectivity index (χ1v) is 8.36. The number of sulfonamides is 1. The predicted molar refractivity (Wildman–Crippen MR) is 73.3 cm³/mol. The summed E-state index contributed by atoms with van der Waals surface area (Å²) in [7, 11) is -3.92. The van der Waals surface area contributed by atoms with Crippen LogP contribution in [0.4, 0.5) is 8.78 Å². The SMILES string of the molecule is O=C(O)CC1(NS(=O)(=O)c2cccc(C3CC3(F)F)c2)CC1. The van der Waals surface area contributed by atoms with E-state index in [1.807, 2.05) is 0 Å². The standard InChI is InChI=1S/C14H15F2NO4S/c15-14(16)7-11(14)9-2-1-3-10(6-9)22(20,21)17-13(4-5-13)8-12(18)19/h1-3,6,11,17H,4-5,7-8H2,(H,18,19). The molecule has 0 heterocycles. The summed E-state index contributed by atoms with van der Waals surface area (Å²) in [5, 5.41) is 8.82. The van der Waals surface area contributed by atoms with Crippen molar-refractivity contribution in [2.24, 2.45) is 0 Å². The second kappa shape index (κ2) is 4.73. The van der Waals surface area contributed by atoms with E-state index in [0.29, 0.717) is 12.8 Å². The van der Waals surface area contributed by atoms with Gasteiger partial charge in [0.1, 0.15) is 0 Å². The van der Waals surface area contributed by atoms with Crippen LogP contribution in [0, 0.1) is 0 Å². The molecule has 3 rings (SSSR count). The summed E-state index contributed by atoms with van der Waals surface area (Å²) in [5.41, 5.74) is -0.652. The molecule has 1 unspecified atom stereocenters. The number of halogens is 2. The number of aliphatic carboxylic acids is 1. The van der Waals surface area contributed by atoms with Crippen LogP contribution in [0.5, 0.6) is 0 Å². The van der Waals surface area contributed by atoms with Crippen LogP contribution in [0.2, 0.25) is 0 Å². The first-order valence-electron chi connectivity index (χ1n) is 6.87. The lowest BCUT2D eigenvalue weighted by Crippen LogP contribution is -2.38. The Hall–Kier alpha value is -1.54. The Kier molecular flexibility index (Phi) is 3.30. The second-order valence-electron chi connectivity index (χ2n) is 6.05. The highest BCUT2D eigenvalue weighted by atomic mass is 32.2. The Morgan fingerprint density at radius 2 is 2.00 bits per heavy atom. The maximum atomic E-state index is 13.1. The highest BCUT2D eigenvalue weighted by Crippen LogP contribution is 2.55. The zero-order valence-corrected chi connectivity index (χ0v) is 12.4. The minimum Gasteiger partial charge on any atom is -0.481 e. The van der Waals surface area contributed by atoms with Crippen molar-refractivity contribution in [3.05, 3.63) is 29.8 Å². The van der Waals surface area contributed by atoms with Gasteiger partial charge >= 0.3 is 5.97 Å². The first kappa shape index (κ1) is 15.4. The van der Waals surface area contributed by atoms with Crippen molar-refractivity contribution in [1.29, 1.82) is 0 Å². The van der Waals surface area contributed by atoms with Gasteiger partial charge in [-0.05, 0) is 30.5 Å². The van der Waals surface area contributed by atoms with Gasteiger partial charge in [-0.25, -0.2) is 21.9 Å². The fourth-order valence-corrected chi connectivity index (χ4v) is 4.09. The van der Waals surface area contributed by atoms with Crippen LogP contribution >= 0.6 is 0 Å². The van der Waals surface area contributed by atoms with Gasteiger partial charge in [-0.3, -0.25) is 4.79 Å². The predicted octanol–water partition coefficient (Wildman–Crippen LogP) is 2.09. The molecule has 0 aliphatic heterocycles. The number of hydrogen-bond acceptors (Lipinski definition) is 3. The molecule has 0 spiro atoms. The number of alkyl halides is 2. The number of hydrogen-bond donors (Lipinski definition) is 2. The molecule has 0 aromatic heterocycles. The number of benzene rings is 1. The Labute approximate surface area is 126 Å². The van der Waals surface area contributed by atoms with Crippen LogP contribution in [0.3, 0.4) is 0 Å². The zero-order chi connectivity index (χ0) is 16.2. The smallest absolute Gasteiger partial charge is 0.305 e. The van der Waals surface area contributed by atoms with Crippen molar-refractivity contribution in [2.45, 2.75) is 48.0 Å². The van der Waals surface area contributed by atoms with Crippen LogP contribution in [0.15, 0.2) is 29.2 Å². The zero-order valence-electron chi connectivity index (χ0n) is 11.6. The molecule has 2 saturated carbocycles. The summed E-state index contributed by atoms with van der Waals surface area (Å²) in [5.74, 6) is -4.78.